The van der Waals surface area contributed by atoms with E-state index in [0.29, 0.717) is 12.1 Å². The van der Waals surface area contributed by atoms with Gasteiger partial charge >= 0.3 is 0 Å². The van der Waals surface area contributed by atoms with Gasteiger partial charge in [-0.15, -0.1) is 0 Å². The summed E-state index contributed by atoms with van der Waals surface area (Å²) < 4.78 is 0. The average Bonchev–Trinajstić information content (AvgIpc) is 2.26. The van der Waals surface area contributed by atoms with E-state index in [1.165, 1.54) is 0 Å². The highest BCUT2D eigenvalue weighted by Crippen LogP contribution is 2.17. The van der Waals surface area contributed by atoms with Gasteiger partial charge in [0, 0.05) is 43.1 Å². The fourth-order valence-electron chi connectivity index (χ4n) is 2.77. The summed E-state index contributed by atoms with van der Waals surface area (Å²) in [7, 11) is 0. The minimum atomic E-state index is 0.558. The van der Waals surface area contributed by atoms with E-state index in [-0.39, 0.29) is 0 Å². The van der Waals surface area contributed by atoms with Crippen molar-refractivity contribution in [2.75, 3.05) is 24.5 Å². The first-order chi connectivity index (χ1) is 8.47. The molecule has 18 heavy (non-hydrogen) atoms. The summed E-state index contributed by atoms with van der Waals surface area (Å²) in [5, 5.41) is 0. The molecule has 4 heteroatoms. The van der Waals surface area contributed by atoms with E-state index in [2.05, 4.69) is 40.5 Å². The lowest BCUT2D eigenvalue weighted by molar-refractivity contribution is 0.147. The van der Waals surface area contributed by atoms with Gasteiger partial charge in [-0.05, 0) is 40.7 Å². The van der Waals surface area contributed by atoms with Gasteiger partial charge in [0.2, 0.25) is 5.95 Å². The van der Waals surface area contributed by atoms with Crippen LogP contribution in [0.15, 0.2) is 6.07 Å². The van der Waals surface area contributed by atoms with Gasteiger partial charge in [-0.25, -0.2) is 9.97 Å². The quantitative estimate of drug-likeness (QED) is 0.801. The Kier molecular flexibility index (Phi) is 3.85. The molecule has 0 unspecified atom stereocenters. The lowest BCUT2D eigenvalue weighted by Gasteiger charge is -2.42. The van der Waals surface area contributed by atoms with Crippen LogP contribution < -0.4 is 4.90 Å². The average molecular weight is 248 g/mol. The molecular weight excluding hydrogens is 224 g/mol. The van der Waals surface area contributed by atoms with Crippen LogP contribution in [0.25, 0.3) is 0 Å². The van der Waals surface area contributed by atoms with E-state index >= 15 is 0 Å². The monoisotopic (exact) mass is 248 g/mol. The molecule has 1 saturated heterocycles. The molecule has 0 bridgehead atoms. The van der Waals surface area contributed by atoms with Gasteiger partial charge < -0.3 is 4.90 Å². The Morgan fingerprint density at radius 3 is 2.28 bits per heavy atom. The van der Waals surface area contributed by atoms with E-state index in [9.17, 15) is 0 Å². The van der Waals surface area contributed by atoms with Crippen LogP contribution in [0.4, 0.5) is 5.95 Å². The van der Waals surface area contributed by atoms with Crippen LogP contribution in [0.2, 0.25) is 0 Å². The van der Waals surface area contributed by atoms with Gasteiger partial charge in [0.1, 0.15) is 0 Å². The van der Waals surface area contributed by atoms with E-state index in [4.69, 9.17) is 0 Å². The minimum Gasteiger partial charge on any atom is -0.338 e. The number of aryl methyl sites for hydroxylation is 2. The van der Waals surface area contributed by atoms with Crippen molar-refractivity contribution < 1.29 is 0 Å². The second-order valence-electron chi connectivity index (χ2n) is 5.58. The molecule has 1 aromatic rings. The lowest BCUT2D eigenvalue weighted by atomic mass is 10.1. The molecule has 1 aromatic heterocycles. The Morgan fingerprint density at radius 2 is 1.78 bits per heavy atom. The smallest absolute Gasteiger partial charge is 0.225 e. The molecule has 0 aromatic carbocycles. The minimum absolute atomic E-state index is 0.558. The van der Waals surface area contributed by atoms with Gasteiger partial charge in [-0.3, -0.25) is 4.90 Å². The molecule has 1 atom stereocenters. The molecule has 2 rings (SSSR count). The van der Waals surface area contributed by atoms with Gasteiger partial charge in [0.15, 0.2) is 0 Å². The number of anilines is 1. The zero-order valence-corrected chi connectivity index (χ0v) is 12.1. The number of hydrogen-bond acceptors (Lipinski definition) is 4. The Bertz CT molecular complexity index is 396. The summed E-state index contributed by atoms with van der Waals surface area (Å²) in [5.41, 5.74) is 2.10. The molecule has 2 heterocycles. The van der Waals surface area contributed by atoms with E-state index in [1.807, 2.05) is 19.9 Å². The highest BCUT2D eigenvalue weighted by Gasteiger charge is 2.26. The van der Waals surface area contributed by atoms with Crippen LogP contribution in [0.1, 0.15) is 32.2 Å². The van der Waals surface area contributed by atoms with Gasteiger partial charge in [0.05, 0.1) is 0 Å². The van der Waals surface area contributed by atoms with Crippen molar-refractivity contribution >= 4 is 5.95 Å². The molecule has 1 aliphatic rings. The summed E-state index contributed by atoms with van der Waals surface area (Å²) in [4.78, 5) is 14.0. The maximum atomic E-state index is 4.56. The first-order valence-electron chi connectivity index (χ1n) is 6.80. The zero-order chi connectivity index (χ0) is 13.3. The lowest BCUT2D eigenvalue weighted by Crippen LogP contribution is -2.54. The molecule has 0 aliphatic carbocycles. The molecule has 1 fully saturated rings. The summed E-state index contributed by atoms with van der Waals surface area (Å²) in [6, 6.07) is 3.20. The molecular formula is C14H24N4. The molecule has 0 radical (unpaired) electrons. The van der Waals surface area contributed by atoms with Crippen molar-refractivity contribution in [2.24, 2.45) is 0 Å². The van der Waals surface area contributed by atoms with Crippen molar-refractivity contribution in [1.29, 1.82) is 0 Å². The van der Waals surface area contributed by atoms with Crippen LogP contribution in [0, 0.1) is 13.8 Å². The van der Waals surface area contributed by atoms with Crippen molar-refractivity contribution in [2.45, 2.75) is 46.7 Å². The summed E-state index contributed by atoms with van der Waals surface area (Å²) in [5.74, 6) is 0.891. The van der Waals surface area contributed by atoms with Crippen molar-refractivity contribution in [1.82, 2.24) is 14.9 Å². The maximum absolute atomic E-state index is 4.56. The summed E-state index contributed by atoms with van der Waals surface area (Å²) >= 11 is 0. The first kappa shape index (κ1) is 13.3. The Hall–Kier alpha value is -1.16. The molecule has 0 N–H and O–H groups in total. The molecule has 0 amide bonds. The van der Waals surface area contributed by atoms with Crippen LogP contribution in [0.5, 0.6) is 0 Å². The molecule has 0 saturated carbocycles. The predicted octanol–water partition coefficient (Wildman–Crippen LogP) is 2.01. The topological polar surface area (TPSA) is 32.3 Å². The molecule has 1 aliphatic heterocycles. The third kappa shape index (κ3) is 2.80. The number of nitrogens with zero attached hydrogens (tertiary/aromatic N) is 4. The fraction of sp³-hybridized carbons (Fsp3) is 0.714. The Balaban J connectivity index is 2.12. The first-order valence-corrected chi connectivity index (χ1v) is 6.80. The van der Waals surface area contributed by atoms with Crippen LogP contribution in [-0.2, 0) is 0 Å². The number of hydrogen-bond donors (Lipinski definition) is 0. The number of aromatic nitrogens is 2. The zero-order valence-electron chi connectivity index (χ0n) is 12.1. The second-order valence-corrected chi connectivity index (χ2v) is 5.58. The van der Waals surface area contributed by atoms with E-state index in [0.717, 1.165) is 37.0 Å². The third-order valence-corrected chi connectivity index (χ3v) is 3.60. The predicted molar refractivity (Wildman–Crippen MR) is 75.0 cm³/mol. The van der Waals surface area contributed by atoms with E-state index in [1.54, 1.807) is 0 Å². The normalized spacial score (nSPS) is 21.7. The van der Waals surface area contributed by atoms with Crippen molar-refractivity contribution in [3.63, 3.8) is 0 Å². The molecule has 0 spiro atoms. The van der Waals surface area contributed by atoms with Gasteiger partial charge in [-0.1, -0.05) is 0 Å². The number of piperazine rings is 1. The second kappa shape index (κ2) is 5.22. The maximum Gasteiger partial charge on any atom is 0.225 e. The Morgan fingerprint density at radius 1 is 1.17 bits per heavy atom. The van der Waals surface area contributed by atoms with Crippen LogP contribution >= 0.6 is 0 Å². The van der Waals surface area contributed by atoms with Crippen molar-refractivity contribution in [3.05, 3.63) is 17.5 Å². The molecule has 100 valence electrons. The summed E-state index contributed by atoms with van der Waals surface area (Å²) in [6.07, 6.45) is 0. The van der Waals surface area contributed by atoms with Crippen LogP contribution in [-0.4, -0.2) is 46.6 Å². The largest absolute Gasteiger partial charge is 0.338 e. The van der Waals surface area contributed by atoms with Gasteiger partial charge in [0.25, 0.3) is 0 Å². The number of rotatable bonds is 2. The van der Waals surface area contributed by atoms with E-state index < -0.39 is 0 Å². The SMILES string of the molecule is Cc1cc(C)nc(N2CCN(C(C)C)[C@@H](C)C2)n1. The molecule has 4 nitrogen and oxygen atoms in total. The van der Waals surface area contributed by atoms with Crippen molar-refractivity contribution in [3.8, 4) is 0 Å². The third-order valence-electron chi connectivity index (χ3n) is 3.60. The Labute approximate surface area is 110 Å². The summed E-state index contributed by atoms with van der Waals surface area (Å²) in [6.45, 7) is 14.0. The highest BCUT2D eigenvalue weighted by molar-refractivity contribution is 5.33. The van der Waals surface area contributed by atoms with Gasteiger partial charge in [-0.2, -0.15) is 0 Å². The highest BCUT2D eigenvalue weighted by atomic mass is 15.3. The fourth-order valence-corrected chi connectivity index (χ4v) is 2.77. The standard InChI is InChI=1S/C14H24N4/c1-10(2)18-7-6-17(9-13(18)5)14-15-11(3)8-12(4)16-14/h8,10,13H,6-7,9H2,1-5H3/t13-/m0/s1. The van der Waals surface area contributed by atoms with Crippen LogP contribution in [0.3, 0.4) is 0 Å².